The summed E-state index contributed by atoms with van der Waals surface area (Å²) >= 11 is 1.83. The van der Waals surface area contributed by atoms with E-state index in [1.165, 1.54) is 35.6 Å². The molecular weight excluding hydrogens is 254 g/mol. The maximum atomic E-state index is 5.79. The van der Waals surface area contributed by atoms with Gasteiger partial charge in [-0.25, -0.2) is 4.98 Å². The zero-order chi connectivity index (χ0) is 13.8. The van der Waals surface area contributed by atoms with Crippen LogP contribution < -0.4 is 5.73 Å². The Hall–Kier alpha value is -1.13. The number of likely N-dealkylation sites (tertiary alicyclic amines) is 1. The Morgan fingerprint density at radius 3 is 2.63 bits per heavy atom. The number of hydrogen-bond donors (Lipinski definition) is 1. The van der Waals surface area contributed by atoms with Crippen LogP contribution in [0.25, 0.3) is 10.2 Å². The average Bonchev–Trinajstić information content (AvgIpc) is 2.84. The van der Waals surface area contributed by atoms with Crippen molar-refractivity contribution < 1.29 is 0 Å². The molecule has 0 spiro atoms. The second-order valence-electron chi connectivity index (χ2n) is 4.86. The molecule has 4 heteroatoms. The third-order valence-electron chi connectivity index (χ3n) is 3.50. The van der Waals surface area contributed by atoms with Gasteiger partial charge in [-0.1, -0.05) is 13.8 Å². The van der Waals surface area contributed by atoms with E-state index in [9.17, 15) is 0 Å². The number of rotatable bonds is 1. The van der Waals surface area contributed by atoms with Gasteiger partial charge in [0.1, 0.15) is 0 Å². The van der Waals surface area contributed by atoms with E-state index in [2.05, 4.69) is 18.0 Å². The highest BCUT2D eigenvalue weighted by atomic mass is 32.1. The summed E-state index contributed by atoms with van der Waals surface area (Å²) in [6.45, 7) is 6.37. The average molecular weight is 277 g/mol. The van der Waals surface area contributed by atoms with Crippen LogP contribution in [0.2, 0.25) is 0 Å². The molecular formula is C15H23N3S. The Morgan fingerprint density at radius 2 is 1.95 bits per heavy atom. The third kappa shape index (κ3) is 3.25. The molecule has 0 radical (unpaired) electrons. The molecule has 1 aliphatic heterocycles. The lowest BCUT2D eigenvalue weighted by atomic mass is 9.98. The number of nitrogens with two attached hydrogens (primary N) is 1. The number of nitrogens with zero attached hydrogens (tertiary/aromatic N) is 2. The molecule has 0 bridgehead atoms. The van der Waals surface area contributed by atoms with Gasteiger partial charge < -0.3 is 10.6 Å². The maximum Gasteiger partial charge on any atom is 0.0970 e. The predicted molar refractivity (Wildman–Crippen MR) is 84.9 cm³/mol. The number of benzene rings is 1. The molecule has 3 rings (SSSR count). The Labute approximate surface area is 119 Å². The summed E-state index contributed by atoms with van der Waals surface area (Å²) in [5, 5.41) is 1.29. The second-order valence-corrected chi connectivity index (χ2v) is 5.92. The lowest BCUT2D eigenvalue weighted by Gasteiger charge is -2.27. The smallest absolute Gasteiger partial charge is 0.0970 e. The lowest BCUT2D eigenvalue weighted by molar-refractivity contribution is 0.255. The zero-order valence-electron chi connectivity index (χ0n) is 12.0. The van der Waals surface area contributed by atoms with Crippen LogP contribution in [-0.2, 0) is 0 Å². The first-order valence-corrected chi connectivity index (χ1v) is 7.88. The molecule has 1 aliphatic rings. The summed E-state index contributed by atoms with van der Waals surface area (Å²) in [7, 11) is 2.19. The number of nitrogen functional groups attached to an aromatic ring is 1. The van der Waals surface area contributed by atoms with Crippen molar-refractivity contribution in [3.63, 3.8) is 0 Å². The minimum absolute atomic E-state index is 0.643. The molecule has 3 nitrogen and oxygen atoms in total. The fourth-order valence-corrected chi connectivity index (χ4v) is 3.51. The van der Waals surface area contributed by atoms with Crippen LogP contribution in [0.15, 0.2) is 18.2 Å². The first-order valence-electron chi connectivity index (χ1n) is 7.07. The largest absolute Gasteiger partial charge is 0.399 e. The van der Waals surface area contributed by atoms with Crippen molar-refractivity contribution in [2.75, 3.05) is 25.9 Å². The minimum atomic E-state index is 0.643. The van der Waals surface area contributed by atoms with Gasteiger partial charge in [0.25, 0.3) is 0 Å². The van der Waals surface area contributed by atoms with Crippen LogP contribution >= 0.6 is 11.3 Å². The number of piperidine rings is 1. The van der Waals surface area contributed by atoms with E-state index in [0.717, 1.165) is 11.2 Å². The highest BCUT2D eigenvalue weighted by Crippen LogP contribution is 2.34. The molecule has 1 aromatic heterocycles. The van der Waals surface area contributed by atoms with Gasteiger partial charge in [-0.2, -0.15) is 0 Å². The molecule has 1 fully saturated rings. The van der Waals surface area contributed by atoms with Crippen molar-refractivity contribution in [3.8, 4) is 0 Å². The first-order chi connectivity index (χ1) is 9.22. The predicted octanol–water partition coefficient (Wildman–Crippen LogP) is 3.71. The maximum absolute atomic E-state index is 5.79. The van der Waals surface area contributed by atoms with Gasteiger partial charge >= 0.3 is 0 Å². The van der Waals surface area contributed by atoms with Gasteiger partial charge in [-0.15, -0.1) is 11.3 Å². The van der Waals surface area contributed by atoms with Crippen molar-refractivity contribution in [3.05, 3.63) is 23.2 Å². The summed E-state index contributed by atoms with van der Waals surface area (Å²) in [6.07, 6.45) is 2.46. The standard InChI is InChI=1S/C13H17N3S.C2H6/c1-16-6-4-9(5-7-16)13-15-11-8-10(14)2-3-12(11)17-13;1-2/h2-3,8-9H,4-7,14H2,1H3;1-2H3. The molecule has 104 valence electrons. The van der Waals surface area contributed by atoms with E-state index in [1.807, 2.05) is 37.3 Å². The molecule has 2 aromatic rings. The SMILES string of the molecule is CC.CN1CCC(c2nc3cc(N)ccc3s2)CC1. The Kier molecular flexibility index (Phi) is 4.77. The van der Waals surface area contributed by atoms with E-state index >= 15 is 0 Å². The van der Waals surface area contributed by atoms with E-state index in [0.29, 0.717) is 5.92 Å². The number of fused-ring (bicyclic) bond motifs is 1. The van der Waals surface area contributed by atoms with Crippen LogP contribution in [0.4, 0.5) is 5.69 Å². The van der Waals surface area contributed by atoms with Crippen molar-refractivity contribution in [2.45, 2.75) is 32.6 Å². The summed E-state index contributed by atoms with van der Waals surface area (Å²) in [5.74, 6) is 0.643. The van der Waals surface area contributed by atoms with Gasteiger partial charge in [0.2, 0.25) is 0 Å². The molecule has 1 aromatic carbocycles. The quantitative estimate of drug-likeness (QED) is 0.808. The highest BCUT2D eigenvalue weighted by molar-refractivity contribution is 7.18. The van der Waals surface area contributed by atoms with Crippen molar-refractivity contribution in [2.24, 2.45) is 0 Å². The molecule has 0 amide bonds. The third-order valence-corrected chi connectivity index (χ3v) is 4.69. The van der Waals surface area contributed by atoms with Crippen molar-refractivity contribution in [1.82, 2.24) is 9.88 Å². The van der Waals surface area contributed by atoms with Crippen LogP contribution in [0.3, 0.4) is 0 Å². The van der Waals surface area contributed by atoms with Gasteiger partial charge in [0, 0.05) is 11.6 Å². The van der Waals surface area contributed by atoms with Crippen molar-refractivity contribution in [1.29, 1.82) is 0 Å². The Morgan fingerprint density at radius 1 is 1.26 bits per heavy atom. The number of thiazole rings is 1. The second kappa shape index (κ2) is 6.35. The van der Waals surface area contributed by atoms with Crippen LogP contribution in [-0.4, -0.2) is 30.0 Å². The Bertz CT molecular complexity index is 527. The normalized spacial score (nSPS) is 17.2. The summed E-state index contributed by atoms with van der Waals surface area (Å²) in [5.41, 5.74) is 7.65. The van der Waals surface area contributed by atoms with Crippen LogP contribution in [0.1, 0.15) is 37.6 Å². The van der Waals surface area contributed by atoms with Crippen molar-refractivity contribution >= 4 is 27.2 Å². The lowest BCUT2D eigenvalue weighted by Crippen LogP contribution is -2.29. The summed E-state index contributed by atoms with van der Waals surface area (Å²) in [6, 6.07) is 6.02. The van der Waals surface area contributed by atoms with Gasteiger partial charge in [0.15, 0.2) is 0 Å². The van der Waals surface area contributed by atoms with E-state index in [1.54, 1.807) is 0 Å². The zero-order valence-corrected chi connectivity index (χ0v) is 12.8. The van der Waals surface area contributed by atoms with E-state index in [4.69, 9.17) is 10.7 Å². The number of hydrogen-bond acceptors (Lipinski definition) is 4. The van der Waals surface area contributed by atoms with Gasteiger partial charge in [-0.05, 0) is 51.2 Å². The molecule has 0 aliphatic carbocycles. The molecule has 0 unspecified atom stereocenters. The summed E-state index contributed by atoms with van der Waals surface area (Å²) in [4.78, 5) is 7.13. The van der Waals surface area contributed by atoms with Gasteiger partial charge in [-0.3, -0.25) is 0 Å². The highest BCUT2D eigenvalue weighted by Gasteiger charge is 2.21. The fourth-order valence-electron chi connectivity index (χ4n) is 2.39. The number of anilines is 1. The molecule has 2 N–H and O–H groups in total. The van der Waals surface area contributed by atoms with E-state index < -0.39 is 0 Å². The van der Waals surface area contributed by atoms with Crippen LogP contribution in [0, 0.1) is 0 Å². The molecule has 19 heavy (non-hydrogen) atoms. The fraction of sp³-hybridized carbons (Fsp3) is 0.533. The van der Waals surface area contributed by atoms with E-state index in [-0.39, 0.29) is 0 Å². The van der Waals surface area contributed by atoms with Gasteiger partial charge in [0.05, 0.1) is 15.2 Å². The van der Waals surface area contributed by atoms with Crippen LogP contribution in [0.5, 0.6) is 0 Å². The first kappa shape index (κ1) is 14.3. The molecule has 1 saturated heterocycles. The minimum Gasteiger partial charge on any atom is -0.399 e. The Balaban J connectivity index is 0.000000637. The molecule has 0 saturated carbocycles. The molecule has 2 heterocycles. The topological polar surface area (TPSA) is 42.2 Å². The molecule has 0 atom stereocenters. The number of aromatic nitrogens is 1. The monoisotopic (exact) mass is 277 g/mol. The summed E-state index contributed by atoms with van der Waals surface area (Å²) < 4.78 is 1.26.